The van der Waals surface area contributed by atoms with Crippen molar-refractivity contribution in [3.8, 4) is 11.5 Å². The second-order valence-electron chi connectivity index (χ2n) is 6.60. The molecule has 1 aliphatic carbocycles. The molecule has 3 heterocycles. The molecule has 1 amide bonds. The number of thioether (sulfide) groups is 1. The number of carbonyl (C=O) groups is 2. The maximum atomic E-state index is 12.5. The number of aromatic nitrogens is 3. The number of nitrogens with one attached hydrogen (secondary N) is 1. The van der Waals surface area contributed by atoms with Crippen LogP contribution in [0.15, 0.2) is 34.2 Å². The first-order chi connectivity index (χ1) is 14.7. The minimum atomic E-state index is -0.376. The molecule has 0 aromatic carbocycles. The van der Waals surface area contributed by atoms with E-state index in [1.54, 1.807) is 25.4 Å². The van der Waals surface area contributed by atoms with Crippen LogP contribution in [0.1, 0.15) is 40.6 Å². The highest BCUT2D eigenvalue weighted by Gasteiger charge is 2.27. The summed E-state index contributed by atoms with van der Waals surface area (Å²) in [6, 6.07) is 3.60. The zero-order valence-electron chi connectivity index (χ0n) is 16.3. The van der Waals surface area contributed by atoms with E-state index < -0.39 is 0 Å². The molecule has 1 N–H and O–H groups in total. The first-order valence-electron chi connectivity index (χ1n) is 9.64. The number of rotatable bonds is 7. The number of thiophene rings is 1. The third-order valence-electron chi connectivity index (χ3n) is 4.55. The van der Waals surface area contributed by atoms with Crippen LogP contribution in [-0.2, 0) is 22.4 Å². The Labute approximate surface area is 181 Å². The summed E-state index contributed by atoms with van der Waals surface area (Å²) in [7, 11) is 0. The molecule has 8 nitrogen and oxygen atoms in total. The lowest BCUT2D eigenvalue weighted by Crippen LogP contribution is -2.17. The van der Waals surface area contributed by atoms with Gasteiger partial charge in [-0.1, -0.05) is 11.8 Å². The number of esters is 1. The largest absolute Gasteiger partial charge is 0.462 e. The van der Waals surface area contributed by atoms with Gasteiger partial charge in [-0.2, -0.15) is 4.98 Å². The molecular weight excluding hydrogens is 424 g/mol. The van der Waals surface area contributed by atoms with Crippen molar-refractivity contribution in [2.45, 2.75) is 37.8 Å². The number of anilines is 1. The van der Waals surface area contributed by atoms with Crippen LogP contribution < -0.4 is 5.32 Å². The van der Waals surface area contributed by atoms with Crippen LogP contribution in [0, 0.1) is 0 Å². The molecule has 4 rings (SSSR count). The lowest BCUT2D eigenvalue weighted by molar-refractivity contribution is -0.113. The lowest BCUT2D eigenvalue weighted by atomic mass is 9.95. The zero-order chi connectivity index (χ0) is 20.9. The highest BCUT2D eigenvalue weighted by molar-refractivity contribution is 7.99. The maximum Gasteiger partial charge on any atom is 0.341 e. The lowest BCUT2D eigenvalue weighted by Gasteiger charge is -2.12. The molecule has 3 aromatic rings. The number of hydrogen-bond acceptors (Lipinski definition) is 9. The first-order valence-corrected chi connectivity index (χ1v) is 11.4. The molecule has 0 aliphatic heterocycles. The SMILES string of the molecule is CCOC(=O)c1c(NC(=O)CSc2noc(-c3cccnc3)n2)sc2c1CCCC2. The van der Waals surface area contributed by atoms with E-state index in [0.717, 1.165) is 47.9 Å². The Morgan fingerprint density at radius 3 is 3.00 bits per heavy atom. The Morgan fingerprint density at radius 1 is 1.33 bits per heavy atom. The second kappa shape index (κ2) is 9.40. The van der Waals surface area contributed by atoms with Gasteiger partial charge in [0.05, 0.1) is 23.5 Å². The van der Waals surface area contributed by atoms with E-state index in [-0.39, 0.29) is 17.6 Å². The van der Waals surface area contributed by atoms with Crippen molar-refractivity contribution < 1.29 is 18.8 Å². The van der Waals surface area contributed by atoms with Gasteiger partial charge in [0, 0.05) is 17.3 Å². The van der Waals surface area contributed by atoms with Crippen molar-refractivity contribution in [2.24, 2.45) is 0 Å². The summed E-state index contributed by atoms with van der Waals surface area (Å²) < 4.78 is 10.4. The van der Waals surface area contributed by atoms with Gasteiger partial charge >= 0.3 is 5.97 Å². The maximum absolute atomic E-state index is 12.5. The summed E-state index contributed by atoms with van der Waals surface area (Å²) in [4.78, 5) is 34.5. The average Bonchev–Trinajstić information content (AvgIpc) is 3.37. The molecule has 0 atom stereocenters. The van der Waals surface area contributed by atoms with Crippen LogP contribution >= 0.6 is 23.1 Å². The van der Waals surface area contributed by atoms with E-state index in [1.807, 2.05) is 6.07 Å². The quantitative estimate of drug-likeness (QED) is 0.431. The van der Waals surface area contributed by atoms with Gasteiger partial charge in [0.2, 0.25) is 11.1 Å². The number of carbonyl (C=O) groups excluding carboxylic acids is 2. The smallest absolute Gasteiger partial charge is 0.341 e. The Balaban J connectivity index is 1.43. The molecule has 3 aromatic heterocycles. The van der Waals surface area contributed by atoms with E-state index in [9.17, 15) is 9.59 Å². The molecule has 0 saturated heterocycles. The Morgan fingerprint density at radius 2 is 2.20 bits per heavy atom. The van der Waals surface area contributed by atoms with Crippen molar-refractivity contribution >= 4 is 40.0 Å². The van der Waals surface area contributed by atoms with Crippen molar-refractivity contribution in [1.29, 1.82) is 0 Å². The van der Waals surface area contributed by atoms with Crippen LogP contribution in [0.3, 0.4) is 0 Å². The van der Waals surface area contributed by atoms with E-state index >= 15 is 0 Å². The summed E-state index contributed by atoms with van der Waals surface area (Å²) >= 11 is 2.63. The number of fused-ring (bicyclic) bond motifs is 1. The highest BCUT2D eigenvalue weighted by atomic mass is 32.2. The third kappa shape index (κ3) is 4.54. The molecule has 1 aliphatic rings. The molecule has 0 bridgehead atoms. The summed E-state index contributed by atoms with van der Waals surface area (Å²) in [5.41, 5.74) is 2.24. The molecule has 0 radical (unpaired) electrons. The van der Waals surface area contributed by atoms with Gasteiger partial charge < -0.3 is 14.6 Å². The molecular formula is C20H20N4O4S2. The molecule has 0 fully saturated rings. The normalized spacial score (nSPS) is 13.0. The molecule has 10 heteroatoms. The van der Waals surface area contributed by atoms with Gasteiger partial charge in [-0.3, -0.25) is 9.78 Å². The summed E-state index contributed by atoms with van der Waals surface area (Å²) in [5, 5.41) is 7.70. The Bertz CT molecular complexity index is 1050. The van der Waals surface area contributed by atoms with Crippen molar-refractivity contribution in [1.82, 2.24) is 15.1 Å². The minimum absolute atomic E-state index is 0.0941. The number of ether oxygens (including phenoxy) is 1. The van der Waals surface area contributed by atoms with Crippen LogP contribution in [0.2, 0.25) is 0 Å². The number of nitrogens with zero attached hydrogens (tertiary/aromatic N) is 3. The van der Waals surface area contributed by atoms with E-state index in [2.05, 4.69) is 20.4 Å². The monoisotopic (exact) mass is 444 g/mol. The third-order valence-corrected chi connectivity index (χ3v) is 6.59. The number of amides is 1. The highest BCUT2D eigenvalue weighted by Crippen LogP contribution is 2.38. The zero-order valence-corrected chi connectivity index (χ0v) is 18.0. The fraction of sp³-hybridized carbons (Fsp3) is 0.350. The predicted molar refractivity (Wildman–Crippen MR) is 114 cm³/mol. The van der Waals surface area contributed by atoms with Gasteiger partial charge in [0.1, 0.15) is 5.00 Å². The van der Waals surface area contributed by atoms with Crippen molar-refractivity contribution in [3.63, 3.8) is 0 Å². The first kappa shape index (κ1) is 20.5. The van der Waals surface area contributed by atoms with Gasteiger partial charge in [0.15, 0.2) is 0 Å². The fourth-order valence-electron chi connectivity index (χ4n) is 3.24. The molecule has 30 heavy (non-hydrogen) atoms. The van der Waals surface area contributed by atoms with Crippen LogP contribution in [0.4, 0.5) is 5.00 Å². The summed E-state index contributed by atoms with van der Waals surface area (Å²) in [6.45, 7) is 2.07. The van der Waals surface area contributed by atoms with Crippen LogP contribution in [-0.4, -0.2) is 39.4 Å². The van der Waals surface area contributed by atoms with E-state index in [0.29, 0.717) is 33.8 Å². The van der Waals surface area contributed by atoms with Crippen LogP contribution in [0.25, 0.3) is 11.5 Å². The van der Waals surface area contributed by atoms with Crippen molar-refractivity contribution in [2.75, 3.05) is 17.7 Å². The standard InChI is InChI=1S/C20H20N4O4S2/c1-2-27-19(26)16-13-7-3-4-8-14(13)30-18(16)22-15(25)11-29-20-23-17(28-24-20)12-6-5-9-21-10-12/h5-6,9-10H,2-4,7-8,11H2,1H3,(H,22,25). The van der Waals surface area contributed by atoms with E-state index in [1.165, 1.54) is 11.3 Å². The number of aryl methyl sites for hydroxylation is 1. The molecule has 0 unspecified atom stereocenters. The summed E-state index contributed by atoms with van der Waals surface area (Å²) in [5.74, 6) is -0.172. The van der Waals surface area contributed by atoms with Crippen LogP contribution in [0.5, 0.6) is 0 Å². The Hall–Kier alpha value is -2.72. The average molecular weight is 445 g/mol. The fourth-order valence-corrected chi connectivity index (χ4v) is 5.10. The van der Waals surface area contributed by atoms with Gasteiger partial charge in [0.25, 0.3) is 5.89 Å². The topological polar surface area (TPSA) is 107 Å². The minimum Gasteiger partial charge on any atom is -0.462 e. The molecule has 156 valence electrons. The molecule has 0 spiro atoms. The van der Waals surface area contributed by atoms with E-state index in [4.69, 9.17) is 9.26 Å². The summed E-state index contributed by atoms with van der Waals surface area (Å²) in [6.07, 6.45) is 7.19. The number of pyridine rings is 1. The van der Waals surface area contributed by atoms with Gasteiger partial charge in [-0.25, -0.2) is 4.79 Å². The predicted octanol–water partition coefficient (Wildman–Crippen LogP) is 3.98. The molecule has 0 saturated carbocycles. The van der Waals surface area contributed by atoms with Crippen molar-refractivity contribution in [3.05, 3.63) is 40.5 Å². The second-order valence-corrected chi connectivity index (χ2v) is 8.64. The Kier molecular flexibility index (Phi) is 6.44. The van der Waals surface area contributed by atoms with Gasteiger partial charge in [-0.15, -0.1) is 11.3 Å². The van der Waals surface area contributed by atoms with Gasteiger partial charge in [-0.05, 0) is 55.5 Å². The number of hydrogen-bond donors (Lipinski definition) is 1.